The van der Waals surface area contributed by atoms with Crippen LogP contribution in [0.2, 0.25) is 0 Å². The largest absolute Gasteiger partial charge is 0.497 e. The number of rotatable bonds is 3. The minimum Gasteiger partial charge on any atom is -0.497 e. The van der Waals surface area contributed by atoms with Crippen molar-refractivity contribution in [3.05, 3.63) is 51.7 Å². The van der Waals surface area contributed by atoms with E-state index in [9.17, 15) is 0 Å². The summed E-state index contributed by atoms with van der Waals surface area (Å²) >= 11 is 1.87. The van der Waals surface area contributed by atoms with E-state index in [2.05, 4.69) is 35.0 Å². The van der Waals surface area contributed by atoms with Crippen molar-refractivity contribution >= 4 is 11.3 Å². The van der Waals surface area contributed by atoms with E-state index < -0.39 is 0 Å². The molecule has 3 rings (SSSR count). The van der Waals surface area contributed by atoms with Gasteiger partial charge in [-0.05, 0) is 54.1 Å². The zero-order valence-electron chi connectivity index (χ0n) is 10.5. The first-order valence-electron chi connectivity index (χ1n) is 6.29. The maximum absolute atomic E-state index is 5.28. The van der Waals surface area contributed by atoms with Crippen molar-refractivity contribution in [2.45, 2.75) is 18.9 Å². The Morgan fingerprint density at radius 2 is 2.33 bits per heavy atom. The average Bonchev–Trinajstić information content (AvgIpc) is 2.88. The smallest absolute Gasteiger partial charge is 0.119 e. The molecule has 0 saturated heterocycles. The molecule has 1 unspecified atom stereocenters. The van der Waals surface area contributed by atoms with Crippen molar-refractivity contribution < 1.29 is 4.74 Å². The second-order valence-corrected chi connectivity index (χ2v) is 5.57. The molecule has 3 heteroatoms. The van der Waals surface area contributed by atoms with E-state index >= 15 is 0 Å². The molecular weight excluding hydrogens is 242 g/mol. The maximum atomic E-state index is 5.28. The Kier molecular flexibility index (Phi) is 3.35. The van der Waals surface area contributed by atoms with Gasteiger partial charge < -0.3 is 10.1 Å². The number of hydrogen-bond donors (Lipinski definition) is 1. The molecule has 0 radical (unpaired) electrons. The monoisotopic (exact) mass is 259 g/mol. The van der Waals surface area contributed by atoms with Crippen molar-refractivity contribution in [1.29, 1.82) is 0 Å². The lowest BCUT2D eigenvalue weighted by molar-refractivity contribution is 0.413. The van der Waals surface area contributed by atoms with Gasteiger partial charge in [-0.3, -0.25) is 0 Å². The van der Waals surface area contributed by atoms with Crippen molar-refractivity contribution in [1.82, 2.24) is 5.32 Å². The number of nitrogens with one attached hydrogen (secondary N) is 1. The highest BCUT2D eigenvalue weighted by Crippen LogP contribution is 2.31. The number of hydrogen-bond acceptors (Lipinski definition) is 3. The molecule has 1 aliphatic rings. The highest BCUT2D eigenvalue weighted by atomic mass is 32.1. The molecule has 0 aliphatic carbocycles. The van der Waals surface area contributed by atoms with E-state index in [1.165, 1.54) is 16.0 Å². The summed E-state index contributed by atoms with van der Waals surface area (Å²) in [5, 5.41) is 5.82. The Morgan fingerprint density at radius 1 is 1.39 bits per heavy atom. The lowest BCUT2D eigenvalue weighted by atomic mass is 9.98. The van der Waals surface area contributed by atoms with Gasteiger partial charge in [-0.1, -0.05) is 12.1 Å². The third-order valence-electron chi connectivity index (χ3n) is 3.46. The lowest BCUT2D eigenvalue weighted by Gasteiger charge is -2.24. The molecule has 0 saturated carbocycles. The summed E-state index contributed by atoms with van der Waals surface area (Å²) in [4.78, 5) is 1.50. The fraction of sp³-hybridized carbons (Fsp3) is 0.333. The van der Waals surface area contributed by atoms with Gasteiger partial charge in [0.1, 0.15) is 5.75 Å². The zero-order valence-corrected chi connectivity index (χ0v) is 11.3. The highest BCUT2D eigenvalue weighted by Gasteiger charge is 2.21. The molecule has 0 amide bonds. The fourth-order valence-corrected chi connectivity index (χ4v) is 3.56. The van der Waals surface area contributed by atoms with Crippen LogP contribution in [-0.4, -0.2) is 13.7 Å². The standard InChI is InChI=1S/C15H17NOS/c1-17-13-4-2-3-11(9-13)10-14-15-12(5-7-16-14)6-8-18-15/h2-4,6,8-9,14,16H,5,7,10H2,1H3. The van der Waals surface area contributed by atoms with Crippen molar-refractivity contribution in [3.8, 4) is 5.75 Å². The average molecular weight is 259 g/mol. The van der Waals surface area contributed by atoms with Crippen LogP contribution >= 0.6 is 11.3 Å². The number of benzene rings is 1. The van der Waals surface area contributed by atoms with Gasteiger partial charge in [0.05, 0.1) is 7.11 Å². The van der Waals surface area contributed by atoms with Crippen LogP contribution in [0.1, 0.15) is 22.0 Å². The fourth-order valence-electron chi connectivity index (χ4n) is 2.53. The molecule has 0 fully saturated rings. The first-order valence-corrected chi connectivity index (χ1v) is 7.17. The number of ether oxygens (including phenoxy) is 1. The summed E-state index contributed by atoms with van der Waals surface area (Å²) in [5.41, 5.74) is 2.85. The first-order chi connectivity index (χ1) is 8.86. The van der Waals surface area contributed by atoms with Gasteiger partial charge in [0.2, 0.25) is 0 Å². The Balaban J connectivity index is 1.81. The lowest BCUT2D eigenvalue weighted by Crippen LogP contribution is -2.29. The molecule has 0 spiro atoms. The predicted molar refractivity (Wildman–Crippen MR) is 75.5 cm³/mol. The van der Waals surface area contributed by atoms with E-state index in [1.807, 2.05) is 17.4 Å². The third-order valence-corrected chi connectivity index (χ3v) is 4.53. The van der Waals surface area contributed by atoms with Crippen molar-refractivity contribution in [3.63, 3.8) is 0 Å². The van der Waals surface area contributed by atoms with Gasteiger partial charge >= 0.3 is 0 Å². The van der Waals surface area contributed by atoms with Crippen LogP contribution in [0.15, 0.2) is 35.7 Å². The van der Waals surface area contributed by atoms with Gasteiger partial charge in [-0.2, -0.15) is 0 Å². The van der Waals surface area contributed by atoms with Crippen LogP contribution in [0.25, 0.3) is 0 Å². The maximum Gasteiger partial charge on any atom is 0.119 e. The van der Waals surface area contributed by atoms with Crippen LogP contribution in [0, 0.1) is 0 Å². The number of methoxy groups -OCH3 is 1. The van der Waals surface area contributed by atoms with Gasteiger partial charge in [0.15, 0.2) is 0 Å². The Bertz CT molecular complexity index is 535. The minimum absolute atomic E-state index is 0.459. The molecular formula is C15H17NOS. The topological polar surface area (TPSA) is 21.3 Å². The van der Waals surface area contributed by atoms with E-state index in [-0.39, 0.29) is 0 Å². The summed E-state index contributed by atoms with van der Waals surface area (Å²) in [6, 6.07) is 11.1. The van der Waals surface area contributed by atoms with Crippen LogP contribution in [0.5, 0.6) is 5.75 Å². The van der Waals surface area contributed by atoms with E-state index in [0.717, 1.165) is 25.1 Å². The quantitative estimate of drug-likeness (QED) is 0.914. The molecule has 1 atom stereocenters. The molecule has 1 N–H and O–H groups in total. The van der Waals surface area contributed by atoms with Crippen molar-refractivity contribution in [2.24, 2.45) is 0 Å². The van der Waals surface area contributed by atoms with Crippen LogP contribution in [0.3, 0.4) is 0 Å². The molecule has 18 heavy (non-hydrogen) atoms. The van der Waals surface area contributed by atoms with E-state index in [1.54, 1.807) is 7.11 Å². The molecule has 2 heterocycles. The van der Waals surface area contributed by atoms with Crippen molar-refractivity contribution in [2.75, 3.05) is 13.7 Å². The number of thiophene rings is 1. The second kappa shape index (κ2) is 5.12. The summed E-state index contributed by atoms with van der Waals surface area (Å²) in [6.45, 7) is 1.08. The predicted octanol–water partition coefficient (Wildman–Crippen LogP) is 3.19. The molecule has 94 valence electrons. The van der Waals surface area contributed by atoms with E-state index in [0.29, 0.717) is 6.04 Å². The Labute approximate surface area is 112 Å². The van der Waals surface area contributed by atoms with Crippen LogP contribution in [0.4, 0.5) is 0 Å². The summed E-state index contributed by atoms with van der Waals surface area (Å²) in [6.07, 6.45) is 2.19. The minimum atomic E-state index is 0.459. The van der Waals surface area contributed by atoms with E-state index in [4.69, 9.17) is 4.74 Å². The summed E-state index contributed by atoms with van der Waals surface area (Å²) in [7, 11) is 1.72. The normalized spacial score (nSPS) is 18.4. The van der Waals surface area contributed by atoms with Crippen LogP contribution in [-0.2, 0) is 12.8 Å². The molecule has 2 aromatic rings. The first kappa shape index (κ1) is 11.8. The molecule has 1 aliphatic heterocycles. The molecule has 0 bridgehead atoms. The summed E-state index contributed by atoms with van der Waals surface area (Å²) < 4.78 is 5.28. The third kappa shape index (κ3) is 2.28. The second-order valence-electron chi connectivity index (χ2n) is 4.62. The van der Waals surface area contributed by atoms with Gasteiger partial charge in [0.25, 0.3) is 0 Å². The molecule has 2 nitrogen and oxygen atoms in total. The summed E-state index contributed by atoms with van der Waals surface area (Å²) in [5.74, 6) is 0.940. The molecule has 1 aromatic heterocycles. The molecule has 1 aromatic carbocycles. The number of fused-ring (bicyclic) bond motifs is 1. The van der Waals surface area contributed by atoms with Gasteiger partial charge in [-0.15, -0.1) is 11.3 Å². The highest BCUT2D eigenvalue weighted by molar-refractivity contribution is 7.10. The van der Waals surface area contributed by atoms with Crippen LogP contribution < -0.4 is 10.1 Å². The van der Waals surface area contributed by atoms with Gasteiger partial charge in [0, 0.05) is 10.9 Å². The van der Waals surface area contributed by atoms with Gasteiger partial charge in [-0.25, -0.2) is 0 Å². The zero-order chi connectivity index (χ0) is 12.4. The Morgan fingerprint density at radius 3 is 3.22 bits per heavy atom. The Hall–Kier alpha value is -1.32. The SMILES string of the molecule is COc1cccc(CC2NCCc3ccsc32)c1.